The van der Waals surface area contributed by atoms with E-state index >= 15 is 0 Å². The van der Waals surface area contributed by atoms with Gasteiger partial charge in [0.1, 0.15) is 11.9 Å². The fourth-order valence-corrected chi connectivity index (χ4v) is 1.63. The summed E-state index contributed by atoms with van der Waals surface area (Å²) in [5, 5.41) is 13.9. The molecule has 0 bridgehead atoms. The SMILES string of the molecule is NCc1cnn(CC(O)c2ccccc2F)c1. The lowest BCUT2D eigenvalue weighted by atomic mass is 10.1. The average Bonchev–Trinajstić information content (AvgIpc) is 2.77. The maximum absolute atomic E-state index is 13.4. The number of aliphatic hydroxyl groups is 1. The topological polar surface area (TPSA) is 64.1 Å². The third kappa shape index (κ3) is 2.69. The van der Waals surface area contributed by atoms with Crippen molar-refractivity contribution in [3.63, 3.8) is 0 Å². The quantitative estimate of drug-likeness (QED) is 0.837. The van der Waals surface area contributed by atoms with Crippen LogP contribution in [0.3, 0.4) is 0 Å². The summed E-state index contributed by atoms with van der Waals surface area (Å²) in [4.78, 5) is 0. The van der Waals surface area contributed by atoms with Gasteiger partial charge >= 0.3 is 0 Å². The third-order valence-electron chi connectivity index (χ3n) is 2.55. The van der Waals surface area contributed by atoms with Gasteiger partial charge in [-0.15, -0.1) is 0 Å². The van der Waals surface area contributed by atoms with Crippen LogP contribution in [0.5, 0.6) is 0 Å². The van der Waals surface area contributed by atoms with Crippen molar-refractivity contribution in [2.24, 2.45) is 5.73 Å². The number of hydrogen-bond donors (Lipinski definition) is 2. The molecule has 0 saturated carbocycles. The molecular weight excluding hydrogens is 221 g/mol. The Balaban J connectivity index is 2.11. The van der Waals surface area contributed by atoms with Gasteiger partial charge in [0.25, 0.3) is 0 Å². The number of nitrogens with zero attached hydrogens (tertiary/aromatic N) is 2. The van der Waals surface area contributed by atoms with Gasteiger partial charge in [0.15, 0.2) is 0 Å². The Morgan fingerprint density at radius 3 is 2.82 bits per heavy atom. The van der Waals surface area contributed by atoms with Gasteiger partial charge < -0.3 is 10.8 Å². The van der Waals surface area contributed by atoms with Crippen LogP contribution < -0.4 is 5.73 Å². The molecule has 0 amide bonds. The molecule has 0 saturated heterocycles. The molecule has 1 heterocycles. The van der Waals surface area contributed by atoms with Crippen LogP contribution in [-0.4, -0.2) is 14.9 Å². The predicted octanol–water partition coefficient (Wildman–Crippen LogP) is 1.21. The van der Waals surface area contributed by atoms with Crippen LogP contribution in [0.15, 0.2) is 36.7 Å². The molecule has 17 heavy (non-hydrogen) atoms. The predicted molar refractivity (Wildman–Crippen MR) is 61.5 cm³/mol. The van der Waals surface area contributed by atoms with Crippen LogP contribution >= 0.6 is 0 Å². The zero-order valence-corrected chi connectivity index (χ0v) is 9.25. The van der Waals surface area contributed by atoms with E-state index in [4.69, 9.17) is 5.73 Å². The zero-order chi connectivity index (χ0) is 12.3. The first-order valence-corrected chi connectivity index (χ1v) is 5.34. The van der Waals surface area contributed by atoms with Crippen molar-refractivity contribution in [2.45, 2.75) is 19.2 Å². The number of aliphatic hydroxyl groups excluding tert-OH is 1. The van der Waals surface area contributed by atoms with E-state index in [1.807, 2.05) is 0 Å². The molecular formula is C12H14FN3O. The smallest absolute Gasteiger partial charge is 0.129 e. The summed E-state index contributed by atoms with van der Waals surface area (Å²) < 4.78 is 15.0. The highest BCUT2D eigenvalue weighted by atomic mass is 19.1. The number of benzene rings is 1. The van der Waals surface area contributed by atoms with Crippen LogP contribution in [-0.2, 0) is 13.1 Å². The van der Waals surface area contributed by atoms with Crippen molar-refractivity contribution < 1.29 is 9.50 Å². The Labute approximate surface area is 98.5 Å². The Morgan fingerprint density at radius 2 is 2.18 bits per heavy atom. The Morgan fingerprint density at radius 1 is 1.41 bits per heavy atom. The Kier molecular flexibility index (Phi) is 3.51. The summed E-state index contributed by atoms with van der Waals surface area (Å²) in [5.74, 6) is -0.411. The second-order valence-corrected chi connectivity index (χ2v) is 3.81. The van der Waals surface area contributed by atoms with E-state index < -0.39 is 11.9 Å². The van der Waals surface area contributed by atoms with Crippen LogP contribution in [0, 0.1) is 5.82 Å². The number of hydrogen-bond acceptors (Lipinski definition) is 3. The van der Waals surface area contributed by atoms with E-state index in [0.29, 0.717) is 6.54 Å². The summed E-state index contributed by atoms with van der Waals surface area (Å²) in [7, 11) is 0. The van der Waals surface area contributed by atoms with Gasteiger partial charge in [0.05, 0.1) is 12.7 Å². The van der Waals surface area contributed by atoms with Crippen molar-refractivity contribution in [2.75, 3.05) is 0 Å². The van der Waals surface area contributed by atoms with Gasteiger partial charge in [0, 0.05) is 23.9 Å². The molecule has 1 aromatic carbocycles. The molecule has 0 radical (unpaired) electrons. The standard InChI is InChI=1S/C12H14FN3O/c13-11-4-2-1-3-10(11)12(17)8-16-7-9(5-14)6-15-16/h1-4,6-7,12,17H,5,8,14H2. The minimum Gasteiger partial charge on any atom is -0.386 e. The largest absolute Gasteiger partial charge is 0.386 e. The van der Waals surface area contributed by atoms with Crippen LogP contribution in [0.4, 0.5) is 4.39 Å². The Hall–Kier alpha value is -1.72. The van der Waals surface area contributed by atoms with Gasteiger partial charge in [-0.25, -0.2) is 4.39 Å². The average molecular weight is 235 g/mol. The molecule has 0 fully saturated rings. The molecule has 3 N–H and O–H groups in total. The van der Waals surface area contributed by atoms with Gasteiger partial charge in [-0.05, 0) is 6.07 Å². The highest BCUT2D eigenvalue weighted by Gasteiger charge is 2.13. The van der Waals surface area contributed by atoms with Crippen molar-refractivity contribution in [3.05, 3.63) is 53.6 Å². The molecule has 1 aromatic heterocycles. The van der Waals surface area contributed by atoms with E-state index in [9.17, 15) is 9.50 Å². The second-order valence-electron chi connectivity index (χ2n) is 3.81. The molecule has 5 heteroatoms. The van der Waals surface area contributed by atoms with Gasteiger partial charge in [0.2, 0.25) is 0 Å². The lowest BCUT2D eigenvalue weighted by molar-refractivity contribution is 0.147. The molecule has 0 aliphatic heterocycles. The van der Waals surface area contributed by atoms with Crippen molar-refractivity contribution >= 4 is 0 Å². The van der Waals surface area contributed by atoms with Crippen molar-refractivity contribution in [3.8, 4) is 0 Å². The van der Waals surface area contributed by atoms with Crippen molar-refractivity contribution in [1.29, 1.82) is 0 Å². The number of aromatic nitrogens is 2. The molecule has 2 aromatic rings. The first-order chi connectivity index (χ1) is 8.20. The summed E-state index contributed by atoms with van der Waals surface area (Å²) in [6, 6.07) is 6.17. The lowest BCUT2D eigenvalue weighted by Gasteiger charge is -2.11. The lowest BCUT2D eigenvalue weighted by Crippen LogP contribution is -2.10. The highest BCUT2D eigenvalue weighted by molar-refractivity contribution is 5.19. The monoisotopic (exact) mass is 235 g/mol. The first kappa shape index (κ1) is 11.8. The summed E-state index contributed by atoms with van der Waals surface area (Å²) in [5.41, 5.74) is 6.61. The maximum atomic E-state index is 13.4. The number of halogens is 1. The summed E-state index contributed by atoms with van der Waals surface area (Å²) in [6.07, 6.45) is 2.46. The van der Waals surface area contributed by atoms with Gasteiger partial charge in [-0.1, -0.05) is 18.2 Å². The molecule has 1 atom stereocenters. The fourth-order valence-electron chi connectivity index (χ4n) is 1.63. The minimum atomic E-state index is -0.915. The van der Waals surface area contributed by atoms with Crippen LogP contribution in [0.1, 0.15) is 17.2 Å². The van der Waals surface area contributed by atoms with Crippen LogP contribution in [0.2, 0.25) is 0 Å². The maximum Gasteiger partial charge on any atom is 0.129 e. The number of nitrogens with two attached hydrogens (primary N) is 1. The van der Waals surface area contributed by atoms with E-state index in [1.165, 1.54) is 6.07 Å². The van der Waals surface area contributed by atoms with Gasteiger partial charge in [-0.2, -0.15) is 5.10 Å². The second kappa shape index (κ2) is 5.07. The molecule has 90 valence electrons. The first-order valence-electron chi connectivity index (χ1n) is 5.34. The van der Waals surface area contributed by atoms with Crippen molar-refractivity contribution in [1.82, 2.24) is 9.78 Å². The number of rotatable bonds is 4. The molecule has 4 nitrogen and oxygen atoms in total. The van der Waals surface area contributed by atoms with E-state index in [2.05, 4.69) is 5.10 Å². The molecule has 0 aliphatic carbocycles. The van der Waals surface area contributed by atoms with E-state index in [0.717, 1.165) is 5.56 Å². The highest BCUT2D eigenvalue weighted by Crippen LogP contribution is 2.18. The molecule has 0 spiro atoms. The zero-order valence-electron chi connectivity index (χ0n) is 9.25. The third-order valence-corrected chi connectivity index (χ3v) is 2.55. The van der Waals surface area contributed by atoms with E-state index in [-0.39, 0.29) is 12.1 Å². The normalized spacial score (nSPS) is 12.6. The summed E-state index contributed by atoms with van der Waals surface area (Å²) in [6.45, 7) is 0.608. The van der Waals surface area contributed by atoms with E-state index in [1.54, 1.807) is 35.3 Å². The Bertz CT molecular complexity index is 498. The minimum absolute atomic E-state index is 0.209. The van der Waals surface area contributed by atoms with Gasteiger partial charge in [-0.3, -0.25) is 4.68 Å². The summed E-state index contributed by atoms with van der Waals surface area (Å²) >= 11 is 0. The molecule has 0 aliphatic rings. The fraction of sp³-hybridized carbons (Fsp3) is 0.250. The molecule has 1 unspecified atom stereocenters. The van der Waals surface area contributed by atoms with Crippen LogP contribution in [0.25, 0.3) is 0 Å². The molecule has 2 rings (SSSR count).